The number of aromatic amines is 1. The van der Waals surface area contributed by atoms with Crippen molar-refractivity contribution in [2.24, 2.45) is 11.8 Å². The number of nitrogens with one attached hydrogen (secondary N) is 2. The number of hydrogen-bond donors (Lipinski definition) is 2. The molecule has 2 N–H and O–H groups in total. The molecule has 0 aromatic carbocycles. The fourth-order valence-electron chi connectivity index (χ4n) is 1.27. The summed E-state index contributed by atoms with van der Waals surface area (Å²) in [6, 6.07) is 4.34. The largest absolute Gasteiger partial charge is 0.367 e. The summed E-state index contributed by atoms with van der Waals surface area (Å²) < 4.78 is 0. The van der Waals surface area contributed by atoms with E-state index in [1.165, 1.54) is 5.56 Å². The van der Waals surface area contributed by atoms with Crippen molar-refractivity contribution in [1.29, 1.82) is 5.26 Å². The van der Waals surface area contributed by atoms with E-state index >= 15 is 0 Å². The third-order valence-corrected chi connectivity index (χ3v) is 2.33. The summed E-state index contributed by atoms with van der Waals surface area (Å²) in [5.74, 6) is 0.521. The highest BCUT2D eigenvalue weighted by Crippen LogP contribution is 2.08. The maximum atomic E-state index is 8.86. The molecule has 0 spiro atoms. The second-order valence-corrected chi connectivity index (χ2v) is 3.83. The van der Waals surface area contributed by atoms with Crippen LogP contribution in [-0.4, -0.2) is 11.5 Å². The van der Waals surface area contributed by atoms with E-state index in [0.29, 0.717) is 5.92 Å². The Balaban J connectivity index is 2.24. The molecule has 0 aliphatic rings. The predicted octanol–water partition coefficient (Wildman–Crippen LogP) is 1.90. The highest BCUT2D eigenvalue weighted by atomic mass is 14.9. The van der Waals surface area contributed by atoms with Crippen LogP contribution >= 0.6 is 0 Å². The van der Waals surface area contributed by atoms with E-state index in [1.807, 2.05) is 18.5 Å². The lowest BCUT2D eigenvalue weighted by molar-refractivity contribution is 0.442. The molecule has 76 valence electrons. The molecule has 1 aromatic heterocycles. The third-order valence-electron chi connectivity index (χ3n) is 2.33. The van der Waals surface area contributed by atoms with Gasteiger partial charge in [-0.3, -0.25) is 0 Å². The average Bonchev–Trinajstić information content (AvgIpc) is 2.64. The molecule has 3 heteroatoms. The molecule has 14 heavy (non-hydrogen) atoms. The lowest BCUT2D eigenvalue weighted by Crippen LogP contribution is -2.24. The van der Waals surface area contributed by atoms with Gasteiger partial charge in [0.1, 0.15) is 0 Å². The van der Waals surface area contributed by atoms with Gasteiger partial charge in [0, 0.05) is 25.5 Å². The zero-order valence-electron chi connectivity index (χ0n) is 8.75. The molecule has 0 saturated carbocycles. The van der Waals surface area contributed by atoms with Crippen LogP contribution in [0.2, 0.25) is 0 Å². The Labute approximate surface area is 85.1 Å². The van der Waals surface area contributed by atoms with Crippen LogP contribution in [0.1, 0.15) is 19.4 Å². The Morgan fingerprint density at radius 2 is 2.36 bits per heavy atom. The van der Waals surface area contributed by atoms with E-state index in [0.717, 1.165) is 13.1 Å². The molecule has 0 amide bonds. The van der Waals surface area contributed by atoms with Gasteiger partial charge in [0.15, 0.2) is 0 Å². The lowest BCUT2D eigenvalue weighted by atomic mass is 9.97. The number of aromatic nitrogens is 1. The first-order valence-corrected chi connectivity index (χ1v) is 4.96. The molecule has 1 rings (SSSR count). The second-order valence-electron chi connectivity index (χ2n) is 3.83. The van der Waals surface area contributed by atoms with Gasteiger partial charge in [-0.1, -0.05) is 13.8 Å². The van der Waals surface area contributed by atoms with Crippen molar-refractivity contribution >= 4 is 0 Å². The maximum absolute atomic E-state index is 8.86. The third kappa shape index (κ3) is 3.23. The van der Waals surface area contributed by atoms with Crippen LogP contribution in [0.3, 0.4) is 0 Å². The number of rotatable bonds is 5. The summed E-state index contributed by atoms with van der Waals surface area (Å²) >= 11 is 0. The molecule has 0 aliphatic heterocycles. The van der Waals surface area contributed by atoms with Crippen LogP contribution < -0.4 is 5.32 Å². The van der Waals surface area contributed by atoms with Crippen molar-refractivity contribution in [3.63, 3.8) is 0 Å². The van der Waals surface area contributed by atoms with Crippen molar-refractivity contribution in [2.75, 3.05) is 6.54 Å². The predicted molar refractivity (Wildman–Crippen MR) is 56.4 cm³/mol. The Hall–Kier alpha value is -1.27. The van der Waals surface area contributed by atoms with Crippen molar-refractivity contribution in [3.05, 3.63) is 24.0 Å². The van der Waals surface area contributed by atoms with Crippen LogP contribution in [0.5, 0.6) is 0 Å². The normalized spacial score (nSPS) is 12.7. The smallest absolute Gasteiger partial charge is 0.0671 e. The highest BCUT2D eigenvalue weighted by Gasteiger charge is 2.10. The van der Waals surface area contributed by atoms with Gasteiger partial charge in [0.05, 0.1) is 12.0 Å². The SMILES string of the molecule is CC(C)C(C#N)CNCc1cc[nH]c1. The number of H-pyrrole nitrogens is 1. The van der Waals surface area contributed by atoms with Crippen LogP contribution in [0.25, 0.3) is 0 Å². The lowest BCUT2D eigenvalue weighted by Gasteiger charge is -2.13. The van der Waals surface area contributed by atoms with Gasteiger partial charge in [-0.2, -0.15) is 5.26 Å². The minimum Gasteiger partial charge on any atom is -0.367 e. The summed E-state index contributed by atoms with van der Waals surface area (Å²) in [5, 5.41) is 12.1. The van der Waals surface area contributed by atoms with E-state index < -0.39 is 0 Å². The summed E-state index contributed by atoms with van der Waals surface area (Å²) in [6.45, 7) is 5.74. The first-order valence-electron chi connectivity index (χ1n) is 4.96. The number of nitriles is 1. The first-order chi connectivity index (χ1) is 6.74. The van der Waals surface area contributed by atoms with E-state index in [2.05, 4.69) is 30.2 Å². The molecule has 1 unspecified atom stereocenters. The van der Waals surface area contributed by atoms with Gasteiger partial charge >= 0.3 is 0 Å². The number of nitrogens with zero attached hydrogens (tertiary/aromatic N) is 1. The molecule has 0 aliphatic carbocycles. The second kappa shape index (κ2) is 5.46. The minimum absolute atomic E-state index is 0.106. The molecule has 3 nitrogen and oxygen atoms in total. The minimum atomic E-state index is 0.106. The van der Waals surface area contributed by atoms with Crippen molar-refractivity contribution in [3.8, 4) is 6.07 Å². The molecule has 0 radical (unpaired) electrons. The van der Waals surface area contributed by atoms with Crippen LogP contribution in [-0.2, 0) is 6.54 Å². The monoisotopic (exact) mass is 191 g/mol. The fourth-order valence-corrected chi connectivity index (χ4v) is 1.27. The molecular formula is C11H17N3. The average molecular weight is 191 g/mol. The molecule has 0 saturated heterocycles. The summed E-state index contributed by atoms with van der Waals surface area (Å²) in [4.78, 5) is 3.00. The molecule has 0 bridgehead atoms. The quantitative estimate of drug-likeness (QED) is 0.746. The Bertz CT molecular complexity index is 282. The van der Waals surface area contributed by atoms with Crippen LogP contribution in [0.15, 0.2) is 18.5 Å². The van der Waals surface area contributed by atoms with E-state index in [4.69, 9.17) is 5.26 Å². The van der Waals surface area contributed by atoms with Gasteiger partial charge in [-0.15, -0.1) is 0 Å². The summed E-state index contributed by atoms with van der Waals surface area (Å²) in [5.41, 5.74) is 1.23. The standard InChI is InChI=1S/C11H17N3/c1-9(2)11(5-12)8-14-7-10-3-4-13-6-10/h3-4,6,9,11,13-14H,7-8H2,1-2H3. The first kappa shape index (κ1) is 10.8. The van der Waals surface area contributed by atoms with Crippen molar-refractivity contribution < 1.29 is 0 Å². The molecule has 1 atom stereocenters. The zero-order chi connectivity index (χ0) is 10.4. The molecular weight excluding hydrogens is 174 g/mol. The van der Waals surface area contributed by atoms with Crippen molar-refractivity contribution in [1.82, 2.24) is 10.3 Å². The van der Waals surface area contributed by atoms with E-state index in [1.54, 1.807) is 0 Å². The summed E-state index contributed by atoms with van der Waals surface area (Å²) in [6.07, 6.45) is 3.87. The number of hydrogen-bond acceptors (Lipinski definition) is 2. The molecule has 1 heterocycles. The summed E-state index contributed by atoms with van der Waals surface area (Å²) in [7, 11) is 0. The van der Waals surface area contributed by atoms with Gasteiger partial charge in [-0.05, 0) is 17.5 Å². The Morgan fingerprint density at radius 1 is 1.57 bits per heavy atom. The van der Waals surface area contributed by atoms with Gasteiger partial charge in [-0.25, -0.2) is 0 Å². The Kier molecular flexibility index (Phi) is 4.21. The van der Waals surface area contributed by atoms with E-state index in [9.17, 15) is 0 Å². The zero-order valence-corrected chi connectivity index (χ0v) is 8.75. The van der Waals surface area contributed by atoms with Gasteiger partial charge in [0.2, 0.25) is 0 Å². The topological polar surface area (TPSA) is 51.6 Å². The van der Waals surface area contributed by atoms with Crippen LogP contribution in [0, 0.1) is 23.2 Å². The van der Waals surface area contributed by atoms with Crippen molar-refractivity contribution in [2.45, 2.75) is 20.4 Å². The fraction of sp³-hybridized carbons (Fsp3) is 0.545. The van der Waals surface area contributed by atoms with Gasteiger partial charge < -0.3 is 10.3 Å². The van der Waals surface area contributed by atoms with Crippen LogP contribution in [0.4, 0.5) is 0 Å². The highest BCUT2D eigenvalue weighted by molar-refractivity contribution is 5.07. The maximum Gasteiger partial charge on any atom is 0.0671 e. The Morgan fingerprint density at radius 3 is 2.86 bits per heavy atom. The molecule has 1 aromatic rings. The van der Waals surface area contributed by atoms with E-state index in [-0.39, 0.29) is 5.92 Å². The van der Waals surface area contributed by atoms with Gasteiger partial charge in [0.25, 0.3) is 0 Å². The molecule has 0 fully saturated rings.